The van der Waals surface area contributed by atoms with E-state index in [-0.39, 0.29) is 5.69 Å². The summed E-state index contributed by atoms with van der Waals surface area (Å²) in [5, 5.41) is 31.4. The van der Waals surface area contributed by atoms with Crippen LogP contribution >= 0.6 is 0 Å². The number of nitro groups is 1. The first-order valence-corrected chi connectivity index (χ1v) is 4.86. The van der Waals surface area contributed by atoms with E-state index in [1.165, 1.54) is 19.1 Å². The van der Waals surface area contributed by atoms with Gasteiger partial charge in [-0.3, -0.25) is 10.1 Å². The highest BCUT2D eigenvalue weighted by Gasteiger charge is 2.27. The minimum absolute atomic E-state index is 0.0828. The van der Waals surface area contributed by atoms with Crippen molar-refractivity contribution in [2.45, 2.75) is 12.5 Å². The first-order chi connectivity index (χ1) is 7.93. The molecule has 0 aliphatic heterocycles. The third-order valence-corrected chi connectivity index (χ3v) is 2.30. The molecule has 0 saturated heterocycles. The van der Waals surface area contributed by atoms with Crippen LogP contribution in [0.3, 0.4) is 0 Å². The van der Waals surface area contributed by atoms with E-state index in [1.807, 2.05) is 0 Å². The molecule has 0 aromatic heterocycles. The Morgan fingerprint density at radius 2 is 2.06 bits per heavy atom. The molecule has 3 N–H and O–H groups in total. The first kappa shape index (κ1) is 13.3. The smallest absolute Gasteiger partial charge is 0.327 e. The quantitative estimate of drug-likeness (QED) is 0.528. The number of aliphatic hydroxyl groups is 2. The van der Waals surface area contributed by atoms with E-state index in [4.69, 9.17) is 10.2 Å². The van der Waals surface area contributed by atoms with Crippen LogP contribution in [0.15, 0.2) is 18.2 Å². The Hall–Kier alpha value is -1.73. The van der Waals surface area contributed by atoms with Crippen LogP contribution in [0.5, 0.6) is 0 Å². The molecule has 0 amide bonds. The van der Waals surface area contributed by atoms with E-state index in [0.29, 0.717) is 0 Å². The van der Waals surface area contributed by atoms with E-state index in [2.05, 4.69) is 5.32 Å². The largest absolute Gasteiger partial charge is 0.394 e. The molecule has 0 bridgehead atoms. The lowest BCUT2D eigenvalue weighted by molar-refractivity contribution is -0.386. The molecular formula is C10H13FN2O4. The Bertz CT molecular complexity index is 421. The van der Waals surface area contributed by atoms with Gasteiger partial charge in [-0.05, 0) is 19.1 Å². The number of nitro benzene ring substituents is 1. The summed E-state index contributed by atoms with van der Waals surface area (Å²) in [5.41, 5.74) is -1.94. The maximum absolute atomic E-state index is 13.3. The SMILES string of the molecule is CC(CO)(CO)Nc1cccc(F)c1[N+](=O)[O-]. The molecule has 6 nitrogen and oxygen atoms in total. The number of aliphatic hydroxyl groups excluding tert-OH is 2. The molecule has 0 saturated carbocycles. The van der Waals surface area contributed by atoms with Gasteiger partial charge in [0.05, 0.1) is 23.7 Å². The van der Waals surface area contributed by atoms with Crippen molar-refractivity contribution in [1.29, 1.82) is 0 Å². The number of hydrogen-bond donors (Lipinski definition) is 3. The van der Waals surface area contributed by atoms with Gasteiger partial charge in [-0.1, -0.05) is 6.07 Å². The molecule has 0 unspecified atom stereocenters. The van der Waals surface area contributed by atoms with Crippen LogP contribution < -0.4 is 5.32 Å². The van der Waals surface area contributed by atoms with Crippen LogP contribution in [0.25, 0.3) is 0 Å². The summed E-state index contributed by atoms with van der Waals surface area (Å²) < 4.78 is 13.3. The normalized spacial score (nSPS) is 11.3. The second kappa shape index (κ2) is 5.07. The van der Waals surface area contributed by atoms with Crippen molar-refractivity contribution in [3.63, 3.8) is 0 Å². The molecule has 0 aliphatic carbocycles. The number of hydrogen-bond acceptors (Lipinski definition) is 5. The summed E-state index contributed by atoms with van der Waals surface area (Å²) in [6.07, 6.45) is 0. The summed E-state index contributed by atoms with van der Waals surface area (Å²) in [6.45, 7) is 0.565. The van der Waals surface area contributed by atoms with Crippen molar-refractivity contribution >= 4 is 11.4 Å². The number of halogens is 1. The second-order valence-electron chi connectivity index (χ2n) is 3.90. The Labute approximate surface area is 96.8 Å². The predicted molar refractivity (Wildman–Crippen MR) is 59.3 cm³/mol. The fraction of sp³-hybridized carbons (Fsp3) is 0.400. The van der Waals surface area contributed by atoms with Gasteiger partial charge in [-0.2, -0.15) is 4.39 Å². The number of rotatable bonds is 5. The monoisotopic (exact) mass is 244 g/mol. The van der Waals surface area contributed by atoms with E-state index in [1.54, 1.807) is 0 Å². The standard InChI is InChI=1S/C10H13FN2O4/c1-10(5-14,6-15)12-8-4-2-3-7(11)9(8)13(16)17/h2-4,12,14-15H,5-6H2,1H3. The third-order valence-electron chi connectivity index (χ3n) is 2.30. The van der Waals surface area contributed by atoms with Crippen LogP contribution in [0.1, 0.15) is 6.92 Å². The van der Waals surface area contributed by atoms with Gasteiger partial charge in [0.25, 0.3) is 0 Å². The first-order valence-electron chi connectivity index (χ1n) is 4.86. The fourth-order valence-corrected chi connectivity index (χ4v) is 1.26. The highest BCUT2D eigenvalue weighted by molar-refractivity contribution is 5.63. The molecule has 1 aromatic rings. The van der Waals surface area contributed by atoms with E-state index < -0.39 is 35.2 Å². The average Bonchev–Trinajstić information content (AvgIpc) is 2.28. The average molecular weight is 244 g/mol. The van der Waals surface area contributed by atoms with E-state index >= 15 is 0 Å². The van der Waals surface area contributed by atoms with Gasteiger partial charge in [0.2, 0.25) is 5.82 Å². The summed E-state index contributed by atoms with van der Waals surface area (Å²) >= 11 is 0. The molecule has 0 radical (unpaired) electrons. The second-order valence-corrected chi connectivity index (χ2v) is 3.90. The molecule has 0 fully saturated rings. The summed E-state index contributed by atoms with van der Waals surface area (Å²) in [6, 6.07) is 3.59. The van der Waals surface area contributed by atoms with Crippen molar-refractivity contribution in [2.75, 3.05) is 18.5 Å². The third kappa shape index (κ3) is 2.89. The van der Waals surface area contributed by atoms with Gasteiger partial charge >= 0.3 is 5.69 Å². The van der Waals surface area contributed by atoms with Crippen LogP contribution in [-0.4, -0.2) is 33.9 Å². The Kier molecular flexibility index (Phi) is 3.97. The molecule has 0 spiro atoms. The summed E-state index contributed by atoms with van der Waals surface area (Å²) in [7, 11) is 0. The molecule has 1 aromatic carbocycles. The number of benzene rings is 1. The zero-order chi connectivity index (χ0) is 13.1. The summed E-state index contributed by atoms with van der Waals surface area (Å²) in [5.74, 6) is -0.974. The molecular weight excluding hydrogens is 231 g/mol. The van der Waals surface area contributed by atoms with Crippen molar-refractivity contribution in [3.8, 4) is 0 Å². The van der Waals surface area contributed by atoms with Crippen molar-refractivity contribution in [3.05, 3.63) is 34.1 Å². The molecule has 0 atom stereocenters. The Morgan fingerprint density at radius 1 is 1.47 bits per heavy atom. The highest BCUT2D eigenvalue weighted by Crippen LogP contribution is 2.29. The van der Waals surface area contributed by atoms with Gasteiger partial charge < -0.3 is 15.5 Å². The van der Waals surface area contributed by atoms with Crippen molar-refractivity contribution < 1.29 is 19.5 Å². The minimum Gasteiger partial charge on any atom is -0.394 e. The lowest BCUT2D eigenvalue weighted by Gasteiger charge is -2.27. The maximum atomic E-state index is 13.3. The zero-order valence-corrected chi connectivity index (χ0v) is 9.18. The van der Waals surface area contributed by atoms with Crippen LogP contribution in [0, 0.1) is 15.9 Å². The lowest BCUT2D eigenvalue weighted by atomic mass is 10.0. The topological polar surface area (TPSA) is 95.6 Å². The lowest BCUT2D eigenvalue weighted by Crippen LogP contribution is -2.42. The van der Waals surface area contributed by atoms with Gasteiger partial charge in [-0.25, -0.2) is 0 Å². The minimum atomic E-state index is -1.15. The van der Waals surface area contributed by atoms with Gasteiger partial charge in [0.15, 0.2) is 0 Å². The number of para-hydroxylation sites is 1. The van der Waals surface area contributed by atoms with Crippen LogP contribution in [0.2, 0.25) is 0 Å². The van der Waals surface area contributed by atoms with Crippen LogP contribution in [-0.2, 0) is 0 Å². The van der Waals surface area contributed by atoms with Gasteiger partial charge in [-0.15, -0.1) is 0 Å². The highest BCUT2D eigenvalue weighted by atomic mass is 19.1. The number of nitrogens with one attached hydrogen (secondary N) is 1. The fourth-order valence-electron chi connectivity index (χ4n) is 1.26. The summed E-state index contributed by atoms with van der Waals surface area (Å²) in [4.78, 5) is 9.85. The van der Waals surface area contributed by atoms with Crippen LogP contribution in [0.4, 0.5) is 15.8 Å². The zero-order valence-electron chi connectivity index (χ0n) is 9.18. The Morgan fingerprint density at radius 3 is 2.53 bits per heavy atom. The van der Waals surface area contributed by atoms with Crippen molar-refractivity contribution in [2.24, 2.45) is 0 Å². The molecule has 0 aliphatic rings. The van der Waals surface area contributed by atoms with E-state index in [0.717, 1.165) is 6.07 Å². The van der Waals surface area contributed by atoms with Crippen molar-refractivity contribution in [1.82, 2.24) is 0 Å². The molecule has 1 rings (SSSR count). The molecule has 94 valence electrons. The Balaban J connectivity index is 3.15. The van der Waals surface area contributed by atoms with Gasteiger partial charge in [0, 0.05) is 0 Å². The molecule has 0 heterocycles. The van der Waals surface area contributed by atoms with E-state index in [9.17, 15) is 14.5 Å². The molecule has 7 heteroatoms. The molecule has 17 heavy (non-hydrogen) atoms. The number of anilines is 1. The predicted octanol–water partition coefficient (Wildman–Crippen LogP) is 0.889. The van der Waals surface area contributed by atoms with Gasteiger partial charge in [0.1, 0.15) is 5.69 Å². The number of nitrogens with zero attached hydrogens (tertiary/aromatic N) is 1. The maximum Gasteiger partial charge on any atom is 0.327 e.